The van der Waals surface area contributed by atoms with E-state index in [1.165, 1.54) is 0 Å². The average Bonchev–Trinajstić information content (AvgIpc) is 2.50. The summed E-state index contributed by atoms with van der Waals surface area (Å²) in [5.41, 5.74) is 0. The van der Waals surface area contributed by atoms with Crippen LogP contribution in [0.1, 0.15) is 33.1 Å². The van der Waals surface area contributed by atoms with Crippen LogP contribution in [0.2, 0.25) is 0 Å². The van der Waals surface area contributed by atoms with Crippen molar-refractivity contribution >= 4 is 21.6 Å². The third-order valence-electron chi connectivity index (χ3n) is 2.96. The van der Waals surface area contributed by atoms with Gasteiger partial charge in [-0.05, 0) is 24.7 Å². The van der Waals surface area contributed by atoms with Gasteiger partial charge in [0.25, 0.3) is 0 Å². The van der Waals surface area contributed by atoms with Crippen molar-refractivity contribution in [3.8, 4) is 0 Å². The maximum absolute atomic E-state index is 11.7. The molecule has 3 nitrogen and oxygen atoms in total. The maximum atomic E-state index is 11.7. The zero-order valence-electron chi connectivity index (χ0n) is 9.37. The monoisotopic (exact) mass is 253 g/mol. The molecule has 0 heterocycles. The van der Waals surface area contributed by atoms with Gasteiger partial charge >= 0.3 is 0 Å². The fourth-order valence-corrected chi connectivity index (χ4v) is 4.03. The number of alkyl halides is 1. The van der Waals surface area contributed by atoms with Gasteiger partial charge in [-0.15, -0.1) is 11.6 Å². The summed E-state index contributed by atoms with van der Waals surface area (Å²) in [6.07, 6.45) is 3.22. The molecule has 0 aromatic heterocycles. The van der Waals surface area contributed by atoms with Crippen LogP contribution < -0.4 is 4.72 Å². The highest BCUT2D eigenvalue weighted by atomic mass is 35.5. The van der Waals surface area contributed by atoms with E-state index in [0.717, 1.165) is 19.3 Å². The summed E-state index contributed by atoms with van der Waals surface area (Å²) >= 11 is 5.61. The number of nitrogens with one attached hydrogen (secondary N) is 1. The summed E-state index contributed by atoms with van der Waals surface area (Å²) in [5, 5.41) is 0. The van der Waals surface area contributed by atoms with Gasteiger partial charge in [0.05, 0.1) is 5.75 Å². The summed E-state index contributed by atoms with van der Waals surface area (Å²) < 4.78 is 26.2. The molecule has 1 rings (SSSR count). The molecular weight excluding hydrogens is 234 g/mol. The summed E-state index contributed by atoms with van der Waals surface area (Å²) in [5.74, 6) is 1.01. The Hall–Kier alpha value is 0.200. The molecule has 15 heavy (non-hydrogen) atoms. The number of rotatable bonds is 5. The lowest BCUT2D eigenvalue weighted by atomic mass is 10.1. The van der Waals surface area contributed by atoms with Gasteiger partial charge in [0.15, 0.2) is 0 Å². The fraction of sp³-hybridized carbons (Fsp3) is 1.00. The van der Waals surface area contributed by atoms with Gasteiger partial charge in [-0.3, -0.25) is 0 Å². The van der Waals surface area contributed by atoms with E-state index in [9.17, 15) is 8.42 Å². The van der Waals surface area contributed by atoms with Crippen LogP contribution in [0.4, 0.5) is 0 Å². The molecule has 0 radical (unpaired) electrons. The zero-order chi connectivity index (χ0) is 11.5. The highest BCUT2D eigenvalue weighted by Gasteiger charge is 2.27. The van der Waals surface area contributed by atoms with E-state index in [-0.39, 0.29) is 17.7 Å². The van der Waals surface area contributed by atoms with Gasteiger partial charge in [0, 0.05) is 11.9 Å². The Morgan fingerprint density at radius 1 is 1.47 bits per heavy atom. The lowest BCUT2D eigenvalue weighted by molar-refractivity contribution is 0.473. The quantitative estimate of drug-likeness (QED) is 0.762. The second kappa shape index (κ2) is 5.51. The van der Waals surface area contributed by atoms with E-state index in [0.29, 0.717) is 11.8 Å². The first-order chi connectivity index (χ1) is 6.94. The number of hydrogen-bond donors (Lipinski definition) is 1. The van der Waals surface area contributed by atoms with Crippen LogP contribution in [-0.2, 0) is 10.0 Å². The lowest BCUT2D eigenvalue weighted by Crippen LogP contribution is -2.39. The van der Waals surface area contributed by atoms with Crippen LogP contribution in [0.3, 0.4) is 0 Å². The Balaban J connectivity index is 2.48. The van der Waals surface area contributed by atoms with Gasteiger partial charge < -0.3 is 0 Å². The van der Waals surface area contributed by atoms with E-state index >= 15 is 0 Å². The molecule has 1 aliphatic rings. The van der Waals surface area contributed by atoms with Crippen molar-refractivity contribution in [2.45, 2.75) is 39.2 Å². The van der Waals surface area contributed by atoms with Crippen LogP contribution in [0, 0.1) is 11.8 Å². The third-order valence-corrected chi connectivity index (χ3v) is 5.16. The molecule has 0 aromatic rings. The van der Waals surface area contributed by atoms with E-state index in [1.807, 2.05) is 6.92 Å². The molecule has 3 atom stereocenters. The van der Waals surface area contributed by atoms with E-state index in [2.05, 4.69) is 11.6 Å². The SMILES string of the molecule is CC(CCl)CS(=O)(=O)NC1CCCC1C. The van der Waals surface area contributed by atoms with Crippen LogP contribution in [0.5, 0.6) is 0 Å². The largest absolute Gasteiger partial charge is 0.212 e. The van der Waals surface area contributed by atoms with Gasteiger partial charge in [-0.25, -0.2) is 13.1 Å². The van der Waals surface area contributed by atoms with Crippen LogP contribution in [0.15, 0.2) is 0 Å². The van der Waals surface area contributed by atoms with Gasteiger partial charge in [0.1, 0.15) is 0 Å². The van der Waals surface area contributed by atoms with Crippen molar-refractivity contribution in [3.63, 3.8) is 0 Å². The topological polar surface area (TPSA) is 46.2 Å². The average molecular weight is 254 g/mol. The Kier molecular flexibility index (Phi) is 4.87. The summed E-state index contributed by atoms with van der Waals surface area (Å²) in [6.45, 7) is 3.95. The zero-order valence-corrected chi connectivity index (χ0v) is 10.9. The molecular formula is C10H20ClNO2S. The first-order valence-corrected chi connectivity index (χ1v) is 7.69. The summed E-state index contributed by atoms with van der Waals surface area (Å²) in [4.78, 5) is 0. The van der Waals surface area contributed by atoms with Crippen molar-refractivity contribution in [3.05, 3.63) is 0 Å². The highest BCUT2D eigenvalue weighted by molar-refractivity contribution is 7.89. The molecule has 0 bridgehead atoms. The predicted molar refractivity (Wildman–Crippen MR) is 63.6 cm³/mol. The van der Waals surface area contributed by atoms with E-state index in [1.54, 1.807) is 0 Å². The maximum Gasteiger partial charge on any atom is 0.212 e. The van der Waals surface area contributed by atoms with Gasteiger partial charge in [0.2, 0.25) is 10.0 Å². The molecule has 0 aromatic carbocycles. The van der Waals surface area contributed by atoms with Gasteiger partial charge in [-0.1, -0.05) is 20.3 Å². The first kappa shape index (κ1) is 13.3. The molecule has 0 amide bonds. The lowest BCUT2D eigenvalue weighted by Gasteiger charge is -2.18. The second-order valence-corrected chi connectivity index (χ2v) is 6.78. The minimum Gasteiger partial charge on any atom is -0.212 e. The summed E-state index contributed by atoms with van der Waals surface area (Å²) in [7, 11) is -3.14. The van der Waals surface area contributed by atoms with E-state index < -0.39 is 10.0 Å². The highest BCUT2D eigenvalue weighted by Crippen LogP contribution is 2.25. The molecule has 3 unspecified atom stereocenters. The Labute approximate surface area is 97.6 Å². The normalized spacial score (nSPS) is 29.3. The van der Waals surface area contributed by atoms with Crippen LogP contribution in [0.25, 0.3) is 0 Å². The fourth-order valence-electron chi connectivity index (χ4n) is 2.02. The molecule has 1 saturated carbocycles. The molecule has 0 saturated heterocycles. The second-order valence-electron chi connectivity index (χ2n) is 4.67. The smallest absolute Gasteiger partial charge is 0.212 e. The first-order valence-electron chi connectivity index (χ1n) is 5.50. The van der Waals surface area contributed by atoms with Crippen LogP contribution in [-0.4, -0.2) is 26.1 Å². The van der Waals surface area contributed by atoms with Crippen molar-refractivity contribution in [2.24, 2.45) is 11.8 Å². The van der Waals surface area contributed by atoms with Crippen molar-refractivity contribution in [2.75, 3.05) is 11.6 Å². The van der Waals surface area contributed by atoms with Crippen molar-refractivity contribution in [1.29, 1.82) is 0 Å². The van der Waals surface area contributed by atoms with Crippen molar-refractivity contribution < 1.29 is 8.42 Å². The third kappa shape index (κ3) is 4.29. The minimum atomic E-state index is -3.14. The molecule has 0 aliphatic heterocycles. The molecule has 1 fully saturated rings. The Morgan fingerprint density at radius 2 is 2.13 bits per heavy atom. The molecule has 1 N–H and O–H groups in total. The Bertz CT molecular complexity index is 292. The Morgan fingerprint density at radius 3 is 2.60 bits per heavy atom. The van der Waals surface area contributed by atoms with Gasteiger partial charge in [-0.2, -0.15) is 0 Å². The number of halogens is 1. The summed E-state index contributed by atoms with van der Waals surface area (Å²) in [6, 6.07) is 0.137. The standard InChI is InChI=1S/C10H20ClNO2S/c1-8(6-11)7-15(13,14)12-10-5-3-4-9(10)2/h8-10,12H,3-7H2,1-2H3. The molecule has 90 valence electrons. The van der Waals surface area contributed by atoms with Crippen LogP contribution >= 0.6 is 11.6 Å². The number of hydrogen-bond acceptors (Lipinski definition) is 2. The molecule has 5 heteroatoms. The van der Waals surface area contributed by atoms with Crippen molar-refractivity contribution in [1.82, 2.24) is 4.72 Å². The minimum absolute atomic E-state index is 0.0147. The molecule has 0 spiro atoms. The number of sulfonamides is 1. The van der Waals surface area contributed by atoms with E-state index in [4.69, 9.17) is 11.6 Å². The molecule has 1 aliphatic carbocycles. The predicted octanol–water partition coefficient (Wildman–Crippen LogP) is 1.97.